The standard InChI is InChI=1S/C19H26N2O3/c1-19(6-8-20-9-7-19)17(22)11-13-2-3-14-4-5-15(18(23)21-24)12-16(14)10-13/h4-5,12-13,20,24H,2-3,6-11H2,1H3,(H,21,23). The molecule has 3 N–H and O–H groups in total. The van der Waals surface area contributed by atoms with Gasteiger partial charge in [0.2, 0.25) is 0 Å². The molecule has 0 aromatic heterocycles. The molecule has 1 saturated heterocycles. The van der Waals surface area contributed by atoms with Crippen molar-refractivity contribution in [1.29, 1.82) is 0 Å². The lowest BCUT2D eigenvalue weighted by molar-refractivity contribution is -0.130. The van der Waals surface area contributed by atoms with E-state index in [9.17, 15) is 9.59 Å². The average molecular weight is 330 g/mol. The number of ketones is 1. The van der Waals surface area contributed by atoms with Crippen molar-refractivity contribution < 1.29 is 14.8 Å². The number of amides is 1. The molecule has 1 heterocycles. The molecule has 1 amide bonds. The molecule has 5 nitrogen and oxygen atoms in total. The number of hydrogen-bond acceptors (Lipinski definition) is 4. The summed E-state index contributed by atoms with van der Waals surface area (Å²) >= 11 is 0. The molecule has 1 atom stereocenters. The van der Waals surface area contributed by atoms with Crippen LogP contribution in [0.1, 0.15) is 54.1 Å². The topological polar surface area (TPSA) is 78.4 Å². The number of rotatable bonds is 4. The zero-order valence-corrected chi connectivity index (χ0v) is 14.2. The summed E-state index contributed by atoms with van der Waals surface area (Å²) in [5, 5.41) is 12.1. The number of hydroxylamine groups is 1. The fourth-order valence-corrected chi connectivity index (χ4v) is 3.98. The molecule has 0 spiro atoms. The van der Waals surface area contributed by atoms with E-state index < -0.39 is 5.91 Å². The first-order chi connectivity index (χ1) is 11.5. The monoisotopic (exact) mass is 330 g/mol. The average Bonchev–Trinajstić information content (AvgIpc) is 2.61. The van der Waals surface area contributed by atoms with E-state index >= 15 is 0 Å². The quantitative estimate of drug-likeness (QED) is 0.584. The lowest BCUT2D eigenvalue weighted by Gasteiger charge is -2.34. The Bertz CT molecular complexity index is 635. The van der Waals surface area contributed by atoms with Crippen LogP contribution in [0.3, 0.4) is 0 Å². The maximum atomic E-state index is 12.8. The minimum Gasteiger partial charge on any atom is -0.317 e. The first-order valence-electron chi connectivity index (χ1n) is 8.82. The maximum Gasteiger partial charge on any atom is 0.274 e. The van der Waals surface area contributed by atoms with Crippen LogP contribution in [0, 0.1) is 11.3 Å². The summed E-state index contributed by atoms with van der Waals surface area (Å²) in [7, 11) is 0. The molecule has 1 aromatic carbocycles. The van der Waals surface area contributed by atoms with Crippen molar-refractivity contribution in [2.24, 2.45) is 11.3 Å². The zero-order chi connectivity index (χ0) is 17.2. The van der Waals surface area contributed by atoms with Gasteiger partial charge in [0.05, 0.1) is 0 Å². The van der Waals surface area contributed by atoms with Gasteiger partial charge in [0.1, 0.15) is 5.78 Å². The molecule has 0 saturated carbocycles. The third-order valence-electron chi connectivity index (χ3n) is 5.75. The molecular weight excluding hydrogens is 304 g/mol. The summed E-state index contributed by atoms with van der Waals surface area (Å²) in [5.41, 5.74) is 4.36. The number of aryl methyl sites for hydroxylation is 1. The van der Waals surface area contributed by atoms with E-state index in [1.807, 2.05) is 12.1 Å². The van der Waals surface area contributed by atoms with Crippen LogP contribution in [0.5, 0.6) is 0 Å². The van der Waals surface area contributed by atoms with E-state index in [0.29, 0.717) is 23.7 Å². The highest BCUT2D eigenvalue weighted by Crippen LogP contribution is 2.35. The summed E-state index contributed by atoms with van der Waals surface area (Å²) in [6, 6.07) is 5.56. The van der Waals surface area contributed by atoms with E-state index in [2.05, 4.69) is 12.2 Å². The van der Waals surface area contributed by atoms with Crippen LogP contribution in [-0.2, 0) is 17.6 Å². The fourth-order valence-electron chi connectivity index (χ4n) is 3.98. The second kappa shape index (κ2) is 7.03. The third-order valence-corrected chi connectivity index (χ3v) is 5.75. The van der Waals surface area contributed by atoms with Gasteiger partial charge in [0.15, 0.2) is 0 Å². The molecule has 2 aliphatic rings. The molecule has 130 valence electrons. The van der Waals surface area contributed by atoms with E-state index in [0.717, 1.165) is 50.8 Å². The van der Waals surface area contributed by atoms with Gasteiger partial charge in [0.25, 0.3) is 5.91 Å². The first kappa shape index (κ1) is 17.1. The molecule has 1 aromatic rings. The molecule has 1 aliphatic carbocycles. The molecule has 0 radical (unpaired) electrons. The Morgan fingerprint density at radius 2 is 2.04 bits per heavy atom. The second-order valence-corrected chi connectivity index (χ2v) is 7.47. The van der Waals surface area contributed by atoms with E-state index in [4.69, 9.17) is 5.21 Å². The summed E-state index contributed by atoms with van der Waals surface area (Å²) < 4.78 is 0. The highest BCUT2D eigenvalue weighted by Gasteiger charge is 2.35. The normalized spacial score (nSPS) is 22.5. The molecule has 24 heavy (non-hydrogen) atoms. The summed E-state index contributed by atoms with van der Waals surface area (Å²) in [4.78, 5) is 24.4. The van der Waals surface area contributed by atoms with Crippen molar-refractivity contribution in [1.82, 2.24) is 10.8 Å². The number of nitrogens with one attached hydrogen (secondary N) is 2. The van der Waals surface area contributed by atoms with Gasteiger partial charge in [-0.25, -0.2) is 5.48 Å². The summed E-state index contributed by atoms with van der Waals surface area (Å²) in [6.45, 7) is 3.96. The summed E-state index contributed by atoms with van der Waals surface area (Å²) in [6.07, 6.45) is 5.30. The van der Waals surface area contributed by atoms with E-state index in [1.165, 1.54) is 5.56 Å². The van der Waals surface area contributed by atoms with Crippen molar-refractivity contribution in [3.63, 3.8) is 0 Å². The predicted molar refractivity (Wildman–Crippen MR) is 91.0 cm³/mol. The Morgan fingerprint density at radius 1 is 1.29 bits per heavy atom. The van der Waals surface area contributed by atoms with Crippen LogP contribution in [0.2, 0.25) is 0 Å². The Morgan fingerprint density at radius 3 is 2.75 bits per heavy atom. The van der Waals surface area contributed by atoms with Gasteiger partial charge in [-0.1, -0.05) is 13.0 Å². The van der Waals surface area contributed by atoms with Gasteiger partial charge in [-0.15, -0.1) is 0 Å². The van der Waals surface area contributed by atoms with Crippen molar-refractivity contribution in [2.75, 3.05) is 13.1 Å². The number of carbonyl (C=O) groups excluding carboxylic acids is 2. The van der Waals surface area contributed by atoms with Gasteiger partial charge >= 0.3 is 0 Å². The SMILES string of the molecule is CC1(C(=O)CC2CCc3ccc(C(=O)NO)cc3C2)CCNCC1. The van der Waals surface area contributed by atoms with Crippen LogP contribution in [-0.4, -0.2) is 30.0 Å². The van der Waals surface area contributed by atoms with Gasteiger partial charge < -0.3 is 5.32 Å². The Balaban J connectivity index is 1.68. The molecule has 5 heteroatoms. The minimum absolute atomic E-state index is 0.176. The van der Waals surface area contributed by atoms with Crippen molar-refractivity contribution in [3.8, 4) is 0 Å². The number of piperidine rings is 1. The van der Waals surface area contributed by atoms with Gasteiger partial charge in [0, 0.05) is 17.4 Å². The van der Waals surface area contributed by atoms with Crippen LogP contribution >= 0.6 is 0 Å². The van der Waals surface area contributed by atoms with Crippen LogP contribution in [0.25, 0.3) is 0 Å². The largest absolute Gasteiger partial charge is 0.317 e. The molecule has 3 rings (SSSR count). The van der Waals surface area contributed by atoms with Gasteiger partial charge in [-0.3, -0.25) is 14.8 Å². The molecular formula is C19H26N2O3. The highest BCUT2D eigenvalue weighted by molar-refractivity contribution is 5.93. The Labute approximate surface area is 142 Å². The van der Waals surface area contributed by atoms with E-state index in [-0.39, 0.29) is 5.41 Å². The molecule has 1 aliphatic heterocycles. The smallest absolute Gasteiger partial charge is 0.274 e. The Hall–Kier alpha value is -1.72. The van der Waals surface area contributed by atoms with Crippen molar-refractivity contribution >= 4 is 11.7 Å². The number of Topliss-reactive ketones (excluding diaryl/α,β-unsaturated/α-hetero) is 1. The summed E-state index contributed by atoms with van der Waals surface area (Å²) in [5.74, 6) is 0.254. The van der Waals surface area contributed by atoms with Crippen LogP contribution in [0.15, 0.2) is 18.2 Å². The molecule has 1 fully saturated rings. The highest BCUT2D eigenvalue weighted by atomic mass is 16.5. The number of benzene rings is 1. The Kier molecular flexibility index (Phi) is 5.01. The van der Waals surface area contributed by atoms with Gasteiger partial charge in [-0.05, 0) is 74.4 Å². The second-order valence-electron chi connectivity index (χ2n) is 7.47. The van der Waals surface area contributed by atoms with Crippen molar-refractivity contribution in [2.45, 2.75) is 45.4 Å². The molecule has 0 bridgehead atoms. The van der Waals surface area contributed by atoms with Crippen LogP contribution in [0.4, 0.5) is 0 Å². The third kappa shape index (κ3) is 3.52. The number of carbonyl (C=O) groups is 2. The van der Waals surface area contributed by atoms with Crippen LogP contribution < -0.4 is 10.8 Å². The lowest BCUT2D eigenvalue weighted by Crippen LogP contribution is -2.41. The lowest BCUT2D eigenvalue weighted by atomic mass is 9.72. The number of fused-ring (bicyclic) bond motifs is 1. The van der Waals surface area contributed by atoms with Gasteiger partial charge in [-0.2, -0.15) is 0 Å². The predicted octanol–water partition coefficient (Wildman–Crippen LogP) is 2.26. The molecule has 1 unspecified atom stereocenters. The first-order valence-corrected chi connectivity index (χ1v) is 8.82. The number of hydrogen-bond donors (Lipinski definition) is 3. The van der Waals surface area contributed by atoms with Crippen molar-refractivity contribution in [3.05, 3.63) is 34.9 Å². The van der Waals surface area contributed by atoms with E-state index in [1.54, 1.807) is 11.5 Å². The zero-order valence-electron chi connectivity index (χ0n) is 14.2. The maximum absolute atomic E-state index is 12.8. The fraction of sp³-hybridized carbons (Fsp3) is 0.579. The minimum atomic E-state index is -0.488.